The lowest BCUT2D eigenvalue weighted by molar-refractivity contribution is 0.556. The first-order chi connectivity index (χ1) is 9.58. The molecular formula is C16H16Cl2IN. The minimum absolute atomic E-state index is 0.382. The van der Waals surface area contributed by atoms with E-state index in [4.69, 9.17) is 23.2 Å². The fourth-order valence-electron chi connectivity index (χ4n) is 2.13. The molecule has 0 aliphatic heterocycles. The Morgan fingerprint density at radius 1 is 0.950 bits per heavy atom. The van der Waals surface area contributed by atoms with E-state index in [9.17, 15) is 0 Å². The average molecular weight is 420 g/mol. The molecule has 1 atom stereocenters. The maximum atomic E-state index is 6.06. The van der Waals surface area contributed by atoms with Crippen LogP contribution in [0.5, 0.6) is 0 Å². The first-order valence-electron chi connectivity index (χ1n) is 6.44. The summed E-state index contributed by atoms with van der Waals surface area (Å²) in [5, 5.41) is 4.59. The molecule has 2 aromatic rings. The van der Waals surface area contributed by atoms with Gasteiger partial charge in [-0.1, -0.05) is 41.4 Å². The van der Waals surface area contributed by atoms with E-state index in [0.29, 0.717) is 16.1 Å². The van der Waals surface area contributed by atoms with Crippen molar-refractivity contribution in [1.29, 1.82) is 0 Å². The molecule has 0 radical (unpaired) electrons. The SMILES string of the molecule is CNC(Cc1ccc(I)cc1)Cc1ccc(Cl)c(Cl)c1. The number of rotatable bonds is 5. The van der Waals surface area contributed by atoms with Crippen molar-refractivity contribution in [2.45, 2.75) is 18.9 Å². The highest BCUT2D eigenvalue weighted by Gasteiger charge is 2.09. The molecule has 0 fully saturated rings. The third kappa shape index (κ3) is 4.62. The van der Waals surface area contributed by atoms with Gasteiger partial charge in [0.1, 0.15) is 0 Å². The summed E-state index contributed by atoms with van der Waals surface area (Å²) in [4.78, 5) is 0. The van der Waals surface area contributed by atoms with Crippen LogP contribution in [-0.4, -0.2) is 13.1 Å². The van der Waals surface area contributed by atoms with Gasteiger partial charge in [-0.2, -0.15) is 0 Å². The molecule has 0 saturated heterocycles. The van der Waals surface area contributed by atoms with Crippen LogP contribution in [0.25, 0.3) is 0 Å². The maximum absolute atomic E-state index is 6.06. The summed E-state index contributed by atoms with van der Waals surface area (Å²) in [6.07, 6.45) is 1.92. The topological polar surface area (TPSA) is 12.0 Å². The Hall–Kier alpha value is -0.290. The molecule has 4 heteroatoms. The molecule has 0 aromatic heterocycles. The van der Waals surface area contributed by atoms with Crippen LogP contribution in [0, 0.1) is 3.57 Å². The molecular weight excluding hydrogens is 404 g/mol. The number of halogens is 3. The summed E-state index contributed by atoms with van der Waals surface area (Å²) >= 11 is 14.3. The van der Waals surface area contributed by atoms with E-state index >= 15 is 0 Å². The molecule has 106 valence electrons. The number of likely N-dealkylation sites (N-methyl/N-ethyl adjacent to an activating group) is 1. The first kappa shape index (κ1) is 16.1. The molecule has 1 nitrogen and oxygen atoms in total. The monoisotopic (exact) mass is 419 g/mol. The van der Waals surface area contributed by atoms with E-state index < -0.39 is 0 Å². The number of hydrogen-bond acceptors (Lipinski definition) is 1. The van der Waals surface area contributed by atoms with Crippen LogP contribution in [0.4, 0.5) is 0 Å². The summed E-state index contributed by atoms with van der Waals surface area (Å²) in [5.74, 6) is 0. The zero-order chi connectivity index (χ0) is 14.5. The standard InChI is InChI=1S/C16H16Cl2IN/c1-20-14(8-11-2-5-13(19)6-3-11)9-12-4-7-15(17)16(18)10-12/h2-7,10,14,20H,8-9H2,1H3. The fourth-order valence-corrected chi connectivity index (χ4v) is 2.81. The van der Waals surface area contributed by atoms with Crippen molar-refractivity contribution in [3.05, 3.63) is 67.2 Å². The van der Waals surface area contributed by atoms with Gasteiger partial charge in [0.25, 0.3) is 0 Å². The third-order valence-electron chi connectivity index (χ3n) is 3.27. The van der Waals surface area contributed by atoms with Crippen LogP contribution in [0.15, 0.2) is 42.5 Å². The third-order valence-corrected chi connectivity index (χ3v) is 4.73. The van der Waals surface area contributed by atoms with Crippen LogP contribution in [0.1, 0.15) is 11.1 Å². The zero-order valence-electron chi connectivity index (χ0n) is 11.2. The molecule has 0 aliphatic rings. The highest BCUT2D eigenvalue weighted by atomic mass is 127. The molecule has 0 bridgehead atoms. The van der Waals surface area contributed by atoms with Crippen LogP contribution in [-0.2, 0) is 12.8 Å². The lowest BCUT2D eigenvalue weighted by Gasteiger charge is -2.17. The second kappa shape index (κ2) is 7.64. The van der Waals surface area contributed by atoms with Crippen molar-refractivity contribution in [1.82, 2.24) is 5.32 Å². The predicted molar refractivity (Wildman–Crippen MR) is 95.9 cm³/mol. The van der Waals surface area contributed by atoms with Gasteiger partial charge >= 0.3 is 0 Å². The Kier molecular flexibility index (Phi) is 6.15. The van der Waals surface area contributed by atoms with Crippen molar-refractivity contribution in [2.24, 2.45) is 0 Å². The summed E-state index contributed by atoms with van der Waals surface area (Å²) < 4.78 is 1.26. The van der Waals surface area contributed by atoms with Crippen molar-refractivity contribution in [3.63, 3.8) is 0 Å². The second-order valence-electron chi connectivity index (χ2n) is 4.77. The summed E-state index contributed by atoms with van der Waals surface area (Å²) in [7, 11) is 1.99. The Bertz CT molecular complexity index is 569. The van der Waals surface area contributed by atoms with Crippen molar-refractivity contribution in [2.75, 3.05) is 7.05 Å². The Morgan fingerprint density at radius 2 is 1.55 bits per heavy atom. The van der Waals surface area contributed by atoms with Gasteiger partial charge in [-0.15, -0.1) is 0 Å². The summed E-state index contributed by atoms with van der Waals surface area (Å²) in [6.45, 7) is 0. The van der Waals surface area contributed by atoms with E-state index in [2.05, 4.69) is 52.2 Å². The van der Waals surface area contributed by atoms with Crippen LogP contribution in [0.2, 0.25) is 10.0 Å². The average Bonchev–Trinajstić information content (AvgIpc) is 2.44. The van der Waals surface area contributed by atoms with Gasteiger partial charge in [-0.05, 0) is 77.9 Å². The summed E-state index contributed by atoms with van der Waals surface area (Å²) in [5.41, 5.74) is 2.54. The van der Waals surface area contributed by atoms with Gasteiger partial charge < -0.3 is 5.32 Å². The molecule has 0 heterocycles. The molecule has 2 rings (SSSR count). The zero-order valence-corrected chi connectivity index (χ0v) is 14.8. The smallest absolute Gasteiger partial charge is 0.0595 e. The Balaban J connectivity index is 2.04. The Morgan fingerprint density at radius 3 is 2.15 bits per heavy atom. The van der Waals surface area contributed by atoms with E-state index in [0.717, 1.165) is 12.8 Å². The fraction of sp³-hybridized carbons (Fsp3) is 0.250. The van der Waals surface area contributed by atoms with E-state index in [1.54, 1.807) is 0 Å². The number of nitrogens with one attached hydrogen (secondary N) is 1. The van der Waals surface area contributed by atoms with Crippen molar-refractivity contribution >= 4 is 45.8 Å². The molecule has 1 unspecified atom stereocenters. The largest absolute Gasteiger partial charge is 0.316 e. The van der Waals surface area contributed by atoms with Crippen molar-refractivity contribution < 1.29 is 0 Å². The van der Waals surface area contributed by atoms with Crippen LogP contribution in [0.3, 0.4) is 0 Å². The van der Waals surface area contributed by atoms with Gasteiger partial charge in [0.2, 0.25) is 0 Å². The van der Waals surface area contributed by atoms with Gasteiger partial charge in [0.05, 0.1) is 10.0 Å². The van der Waals surface area contributed by atoms with Gasteiger partial charge in [-0.25, -0.2) is 0 Å². The highest BCUT2D eigenvalue weighted by molar-refractivity contribution is 14.1. The minimum Gasteiger partial charge on any atom is -0.316 e. The quantitative estimate of drug-likeness (QED) is 0.674. The Labute approximate surface area is 143 Å². The van der Waals surface area contributed by atoms with E-state index in [1.165, 1.54) is 14.7 Å². The molecule has 2 aromatic carbocycles. The van der Waals surface area contributed by atoms with Crippen molar-refractivity contribution in [3.8, 4) is 0 Å². The summed E-state index contributed by atoms with van der Waals surface area (Å²) in [6, 6.07) is 14.9. The van der Waals surface area contributed by atoms with Gasteiger partial charge in [-0.3, -0.25) is 0 Å². The van der Waals surface area contributed by atoms with E-state index in [-0.39, 0.29) is 0 Å². The van der Waals surface area contributed by atoms with Gasteiger partial charge in [0, 0.05) is 9.61 Å². The molecule has 0 saturated carbocycles. The van der Waals surface area contributed by atoms with Gasteiger partial charge in [0.15, 0.2) is 0 Å². The molecule has 0 amide bonds. The highest BCUT2D eigenvalue weighted by Crippen LogP contribution is 2.23. The lowest BCUT2D eigenvalue weighted by atomic mass is 9.99. The first-order valence-corrected chi connectivity index (χ1v) is 8.27. The van der Waals surface area contributed by atoms with Crippen LogP contribution < -0.4 is 5.32 Å². The second-order valence-corrected chi connectivity index (χ2v) is 6.83. The molecule has 1 N–H and O–H groups in total. The van der Waals surface area contributed by atoms with Crippen LogP contribution >= 0.6 is 45.8 Å². The van der Waals surface area contributed by atoms with E-state index in [1.807, 2.05) is 25.2 Å². The molecule has 0 aliphatic carbocycles. The normalized spacial score (nSPS) is 12.4. The predicted octanol–water partition coefficient (Wildman–Crippen LogP) is 4.97. The molecule has 0 spiro atoms. The maximum Gasteiger partial charge on any atom is 0.0595 e. The molecule has 20 heavy (non-hydrogen) atoms. The lowest BCUT2D eigenvalue weighted by Crippen LogP contribution is -2.29. The number of hydrogen-bond donors (Lipinski definition) is 1. The minimum atomic E-state index is 0.382. The number of benzene rings is 2.